The summed E-state index contributed by atoms with van der Waals surface area (Å²) in [5.41, 5.74) is 7.33. The van der Waals surface area contributed by atoms with Crippen LogP contribution in [0.15, 0.2) is 83.0 Å². The fourth-order valence-electron chi connectivity index (χ4n) is 5.53. The maximum absolute atomic E-state index is 14.2. The Morgan fingerprint density at radius 3 is 1.50 bits per heavy atom. The predicted octanol–water partition coefficient (Wildman–Crippen LogP) is 6.55. The summed E-state index contributed by atoms with van der Waals surface area (Å²) in [5.74, 6) is -1.75. The molecule has 2 aliphatic heterocycles. The van der Waals surface area contributed by atoms with Crippen molar-refractivity contribution in [1.29, 1.82) is 0 Å². The Morgan fingerprint density at radius 2 is 1.11 bits per heavy atom. The monoisotopic (exact) mass is 506 g/mol. The molecule has 3 aromatic carbocycles. The first kappa shape index (κ1) is 25.6. The van der Waals surface area contributed by atoms with Gasteiger partial charge >= 0.3 is 0 Å². The Hall–Kier alpha value is -4.06. The number of carbonyl (C=O) groups excluding carboxylic acids is 2. The molecule has 0 N–H and O–H groups in total. The first-order chi connectivity index (χ1) is 18.3. The summed E-state index contributed by atoms with van der Waals surface area (Å²) in [5, 5.41) is 12.7. The number of hydrogen-bond donors (Lipinski definition) is 0. The largest absolute Gasteiger partial charge is 0.272 e. The molecule has 0 saturated carbocycles. The molecule has 2 aliphatic rings. The van der Waals surface area contributed by atoms with Crippen LogP contribution in [0.3, 0.4) is 0 Å². The lowest BCUT2D eigenvalue weighted by atomic mass is 9.71. The summed E-state index contributed by atoms with van der Waals surface area (Å²) in [7, 11) is 0. The number of carbonyl (C=O) groups is 2. The maximum atomic E-state index is 14.2. The predicted molar refractivity (Wildman–Crippen MR) is 154 cm³/mol. The summed E-state index contributed by atoms with van der Waals surface area (Å²) in [6.07, 6.45) is 1.23. The normalized spacial score (nSPS) is 20.1. The number of hydrogen-bond acceptors (Lipinski definition) is 4. The maximum Gasteiger partial charge on any atom is 0.256 e. The second kappa shape index (κ2) is 10.4. The second-order valence-corrected chi connectivity index (χ2v) is 10.3. The SMILES string of the molecule is CCC1=NN(c2ccc(C)cc2)C(=O)C1C(c1cccc(C)c1)C1C(=O)N(c2ccc(C)cc2)N=C1CC. The fraction of sp³-hybridized carbons (Fsp3) is 0.312. The van der Waals surface area contributed by atoms with Crippen LogP contribution >= 0.6 is 0 Å². The molecule has 2 atom stereocenters. The lowest BCUT2D eigenvalue weighted by molar-refractivity contribution is -0.122. The molecule has 2 amide bonds. The molecule has 0 saturated heterocycles. The zero-order chi connectivity index (χ0) is 27.0. The highest BCUT2D eigenvalue weighted by Gasteiger charge is 2.51. The van der Waals surface area contributed by atoms with Crippen LogP contribution in [0.2, 0.25) is 0 Å². The van der Waals surface area contributed by atoms with Gasteiger partial charge in [0.1, 0.15) is 0 Å². The molecule has 6 nitrogen and oxygen atoms in total. The molecular weight excluding hydrogens is 472 g/mol. The minimum Gasteiger partial charge on any atom is -0.272 e. The zero-order valence-corrected chi connectivity index (χ0v) is 22.7. The van der Waals surface area contributed by atoms with E-state index >= 15 is 0 Å². The van der Waals surface area contributed by atoms with Gasteiger partial charge in [0.25, 0.3) is 11.8 Å². The quantitative estimate of drug-likeness (QED) is 0.365. The molecule has 0 spiro atoms. The molecule has 0 radical (unpaired) electrons. The Balaban J connectivity index is 1.61. The first-order valence-corrected chi connectivity index (χ1v) is 13.3. The minimum absolute atomic E-state index is 0.103. The van der Waals surface area contributed by atoms with E-state index in [2.05, 4.69) is 6.07 Å². The van der Waals surface area contributed by atoms with Crippen molar-refractivity contribution in [3.05, 3.63) is 95.1 Å². The number of anilines is 2. The number of nitrogens with zero attached hydrogens (tertiary/aromatic N) is 4. The molecule has 0 fully saturated rings. The van der Waals surface area contributed by atoms with Crippen LogP contribution < -0.4 is 10.0 Å². The average Bonchev–Trinajstić information content (AvgIpc) is 3.42. The van der Waals surface area contributed by atoms with Gasteiger partial charge in [-0.2, -0.15) is 10.2 Å². The van der Waals surface area contributed by atoms with Gasteiger partial charge in [-0.15, -0.1) is 0 Å². The van der Waals surface area contributed by atoms with E-state index in [4.69, 9.17) is 10.2 Å². The summed E-state index contributed by atoms with van der Waals surface area (Å²) in [6, 6.07) is 23.8. The van der Waals surface area contributed by atoms with Crippen molar-refractivity contribution >= 4 is 34.6 Å². The topological polar surface area (TPSA) is 65.3 Å². The Bertz CT molecular complexity index is 1340. The Kier molecular flexibility index (Phi) is 6.98. The van der Waals surface area contributed by atoms with Crippen molar-refractivity contribution in [2.45, 2.75) is 53.4 Å². The van der Waals surface area contributed by atoms with E-state index in [-0.39, 0.29) is 11.8 Å². The van der Waals surface area contributed by atoms with E-state index in [1.165, 1.54) is 10.0 Å². The van der Waals surface area contributed by atoms with Crippen LogP contribution in [0.5, 0.6) is 0 Å². The molecule has 2 unspecified atom stereocenters. The van der Waals surface area contributed by atoms with Crippen LogP contribution in [0, 0.1) is 32.6 Å². The highest BCUT2D eigenvalue weighted by atomic mass is 16.2. The van der Waals surface area contributed by atoms with E-state index in [0.29, 0.717) is 12.8 Å². The Morgan fingerprint density at radius 1 is 0.658 bits per heavy atom. The van der Waals surface area contributed by atoms with E-state index < -0.39 is 17.8 Å². The first-order valence-electron chi connectivity index (χ1n) is 13.3. The van der Waals surface area contributed by atoms with Crippen LogP contribution in [0.25, 0.3) is 0 Å². The van der Waals surface area contributed by atoms with Gasteiger partial charge in [-0.3, -0.25) is 9.59 Å². The van der Waals surface area contributed by atoms with Crippen LogP contribution in [-0.4, -0.2) is 23.2 Å². The van der Waals surface area contributed by atoms with Gasteiger partial charge in [0.05, 0.1) is 34.6 Å². The number of aryl methyl sites for hydroxylation is 3. The number of amides is 2. The van der Waals surface area contributed by atoms with Crippen molar-refractivity contribution in [2.75, 3.05) is 10.0 Å². The third-order valence-corrected chi connectivity index (χ3v) is 7.55. The molecular formula is C32H34N4O2. The molecule has 38 heavy (non-hydrogen) atoms. The lowest BCUT2D eigenvalue weighted by Crippen LogP contribution is -2.40. The minimum atomic E-state index is -0.563. The van der Waals surface area contributed by atoms with Crippen molar-refractivity contribution < 1.29 is 9.59 Å². The van der Waals surface area contributed by atoms with Crippen molar-refractivity contribution in [2.24, 2.45) is 22.0 Å². The lowest BCUT2D eigenvalue weighted by Gasteiger charge is -2.29. The van der Waals surface area contributed by atoms with E-state index in [1.54, 1.807) is 0 Å². The fourth-order valence-corrected chi connectivity index (χ4v) is 5.53. The number of benzene rings is 3. The average molecular weight is 507 g/mol. The van der Waals surface area contributed by atoms with Gasteiger partial charge in [-0.05, 0) is 63.4 Å². The molecule has 194 valence electrons. The summed E-state index contributed by atoms with van der Waals surface area (Å²) in [6.45, 7) is 10.1. The smallest absolute Gasteiger partial charge is 0.256 e. The highest BCUT2D eigenvalue weighted by molar-refractivity contribution is 6.20. The third-order valence-electron chi connectivity index (χ3n) is 7.55. The van der Waals surface area contributed by atoms with E-state index in [1.807, 2.05) is 101 Å². The van der Waals surface area contributed by atoms with Gasteiger partial charge in [0.15, 0.2) is 0 Å². The van der Waals surface area contributed by atoms with Gasteiger partial charge in [-0.25, -0.2) is 10.0 Å². The summed E-state index contributed by atoms with van der Waals surface area (Å²) < 4.78 is 0. The molecule has 0 aliphatic carbocycles. The molecule has 3 aromatic rings. The molecule has 6 heteroatoms. The van der Waals surface area contributed by atoms with E-state index in [9.17, 15) is 9.59 Å². The van der Waals surface area contributed by atoms with Crippen molar-refractivity contribution in [3.8, 4) is 0 Å². The van der Waals surface area contributed by atoms with Gasteiger partial charge in [-0.1, -0.05) is 79.1 Å². The van der Waals surface area contributed by atoms with Crippen LogP contribution in [-0.2, 0) is 9.59 Å². The Labute approximate surface area is 224 Å². The highest BCUT2D eigenvalue weighted by Crippen LogP contribution is 2.43. The standard InChI is InChI=1S/C32H34N4O2/c1-6-26-29(31(37)35(33-26)24-15-11-20(3)12-16-24)28(23-10-8-9-22(5)19-23)30-27(7-2)34-36(32(30)38)25-17-13-21(4)14-18-25/h8-19,28-30H,6-7H2,1-5H3. The third kappa shape index (κ3) is 4.55. The molecule has 2 heterocycles. The second-order valence-electron chi connectivity index (χ2n) is 10.3. The number of rotatable bonds is 7. The van der Waals surface area contributed by atoms with Crippen LogP contribution in [0.4, 0.5) is 11.4 Å². The molecule has 0 bridgehead atoms. The molecule has 0 aromatic heterocycles. The van der Waals surface area contributed by atoms with E-state index in [0.717, 1.165) is 45.1 Å². The number of hydrazone groups is 2. The summed E-state index contributed by atoms with van der Waals surface area (Å²) >= 11 is 0. The van der Waals surface area contributed by atoms with Gasteiger partial charge in [0.2, 0.25) is 0 Å². The van der Waals surface area contributed by atoms with Crippen molar-refractivity contribution in [1.82, 2.24) is 0 Å². The van der Waals surface area contributed by atoms with Crippen molar-refractivity contribution in [3.63, 3.8) is 0 Å². The van der Waals surface area contributed by atoms with Crippen LogP contribution in [0.1, 0.15) is 54.9 Å². The zero-order valence-electron chi connectivity index (χ0n) is 22.7. The van der Waals surface area contributed by atoms with Gasteiger partial charge in [0, 0.05) is 5.92 Å². The van der Waals surface area contributed by atoms with Gasteiger partial charge < -0.3 is 0 Å². The summed E-state index contributed by atoms with van der Waals surface area (Å²) in [4.78, 5) is 28.3. The molecule has 5 rings (SSSR count).